The number of hydrogen-bond donors (Lipinski definition) is 2. The van der Waals surface area contributed by atoms with E-state index >= 15 is 0 Å². The number of aliphatic carboxylic acids is 1. The third-order valence-electron chi connectivity index (χ3n) is 3.55. The number of carboxylic acids is 1. The van der Waals surface area contributed by atoms with E-state index in [9.17, 15) is 9.59 Å². The van der Waals surface area contributed by atoms with E-state index in [0.717, 1.165) is 17.5 Å². The average Bonchev–Trinajstić information content (AvgIpc) is 2.58. The lowest BCUT2D eigenvalue weighted by atomic mass is 10.1. The van der Waals surface area contributed by atoms with Gasteiger partial charge in [0.2, 0.25) is 0 Å². The lowest BCUT2D eigenvalue weighted by Crippen LogP contribution is -2.20. The number of anilines is 1. The fourth-order valence-electron chi connectivity index (χ4n) is 2.33. The van der Waals surface area contributed by atoms with Crippen molar-refractivity contribution in [3.05, 3.63) is 59.7 Å². The van der Waals surface area contributed by atoms with Gasteiger partial charge in [0.15, 0.2) is 6.61 Å². The number of carboxylic acid groups (broad SMARTS) is 1. The number of benzene rings is 2. The first kappa shape index (κ1) is 17.5. The van der Waals surface area contributed by atoms with Crippen LogP contribution >= 0.6 is 0 Å². The Bertz CT molecular complexity index is 712. The van der Waals surface area contributed by atoms with Crippen molar-refractivity contribution in [2.75, 3.05) is 11.9 Å². The lowest BCUT2D eigenvalue weighted by molar-refractivity contribution is -0.137. The first-order valence-electron chi connectivity index (χ1n) is 7.89. The van der Waals surface area contributed by atoms with Crippen molar-refractivity contribution in [2.24, 2.45) is 0 Å². The standard InChI is InChI=1S/C19H21NO4/c1-2-15-7-3-4-9-17(15)24-13-18(21)20-16-8-5-6-14(12-16)10-11-19(22)23/h3-9,12H,2,10-11,13H2,1H3,(H,20,21)(H,22,23). The van der Waals surface area contributed by atoms with Crippen LogP contribution < -0.4 is 10.1 Å². The summed E-state index contributed by atoms with van der Waals surface area (Å²) in [6.07, 6.45) is 1.33. The Morgan fingerprint density at radius 1 is 1.12 bits per heavy atom. The molecule has 2 aromatic rings. The first-order chi connectivity index (χ1) is 11.6. The van der Waals surface area contributed by atoms with Gasteiger partial charge in [-0.05, 0) is 42.2 Å². The molecular formula is C19H21NO4. The van der Waals surface area contributed by atoms with Crippen molar-refractivity contribution in [1.29, 1.82) is 0 Å². The number of hydrogen-bond acceptors (Lipinski definition) is 3. The van der Waals surface area contributed by atoms with E-state index in [1.54, 1.807) is 18.2 Å². The average molecular weight is 327 g/mol. The SMILES string of the molecule is CCc1ccccc1OCC(=O)Nc1cccc(CCC(=O)O)c1. The van der Waals surface area contributed by atoms with Gasteiger partial charge in [0, 0.05) is 12.1 Å². The van der Waals surface area contributed by atoms with E-state index in [0.29, 0.717) is 17.9 Å². The van der Waals surface area contributed by atoms with Crippen molar-refractivity contribution in [1.82, 2.24) is 0 Å². The molecule has 24 heavy (non-hydrogen) atoms. The molecule has 0 aromatic heterocycles. The van der Waals surface area contributed by atoms with E-state index in [2.05, 4.69) is 5.32 Å². The van der Waals surface area contributed by atoms with Crippen LogP contribution in [0.25, 0.3) is 0 Å². The monoisotopic (exact) mass is 327 g/mol. The molecule has 0 saturated heterocycles. The van der Waals surface area contributed by atoms with Crippen molar-refractivity contribution in [2.45, 2.75) is 26.2 Å². The summed E-state index contributed by atoms with van der Waals surface area (Å²) in [5.41, 5.74) is 2.56. The summed E-state index contributed by atoms with van der Waals surface area (Å²) in [6, 6.07) is 14.8. The number of amides is 1. The molecule has 0 spiro atoms. The summed E-state index contributed by atoms with van der Waals surface area (Å²) in [6.45, 7) is 1.96. The Hall–Kier alpha value is -2.82. The number of para-hydroxylation sites is 1. The highest BCUT2D eigenvalue weighted by Gasteiger charge is 2.07. The molecule has 0 aliphatic heterocycles. The Morgan fingerprint density at radius 2 is 1.92 bits per heavy atom. The zero-order valence-corrected chi connectivity index (χ0v) is 13.6. The zero-order valence-electron chi connectivity index (χ0n) is 13.6. The molecule has 0 radical (unpaired) electrons. The molecule has 0 atom stereocenters. The molecule has 0 bridgehead atoms. The topological polar surface area (TPSA) is 75.6 Å². The molecule has 5 heteroatoms. The molecule has 0 heterocycles. The molecule has 0 aliphatic rings. The van der Waals surface area contributed by atoms with Crippen LogP contribution in [-0.4, -0.2) is 23.6 Å². The number of carbonyl (C=O) groups excluding carboxylic acids is 1. The second kappa shape index (κ2) is 8.72. The normalized spacial score (nSPS) is 10.2. The van der Waals surface area contributed by atoms with Crippen LogP contribution in [0.15, 0.2) is 48.5 Å². The number of rotatable bonds is 8. The van der Waals surface area contributed by atoms with Gasteiger partial charge < -0.3 is 15.2 Å². The van der Waals surface area contributed by atoms with Crippen LogP contribution in [0.5, 0.6) is 5.75 Å². The lowest BCUT2D eigenvalue weighted by Gasteiger charge is -2.11. The molecule has 2 aromatic carbocycles. The Balaban J connectivity index is 1.90. The van der Waals surface area contributed by atoms with Crippen molar-refractivity contribution in [3.8, 4) is 5.75 Å². The van der Waals surface area contributed by atoms with Gasteiger partial charge in [0.1, 0.15) is 5.75 Å². The highest BCUT2D eigenvalue weighted by molar-refractivity contribution is 5.92. The molecule has 2 rings (SSSR count). The van der Waals surface area contributed by atoms with E-state index < -0.39 is 5.97 Å². The number of carbonyl (C=O) groups is 2. The summed E-state index contributed by atoms with van der Waals surface area (Å²) in [5, 5.41) is 11.5. The van der Waals surface area contributed by atoms with E-state index in [4.69, 9.17) is 9.84 Å². The van der Waals surface area contributed by atoms with E-state index in [1.165, 1.54) is 0 Å². The molecule has 2 N–H and O–H groups in total. The minimum atomic E-state index is -0.840. The summed E-state index contributed by atoms with van der Waals surface area (Å²) in [7, 11) is 0. The maximum Gasteiger partial charge on any atom is 0.303 e. The molecule has 0 unspecified atom stereocenters. The Kier molecular flexibility index (Phi) is 6.37. The number of aryl methyl sites for hydroxylation is 2. The van der Waals surface area contributed by atoms with E-state index in [-0.39, 0.29) is 18.9 Å². The predicted molar refractivity (Wildman–Crippen MR) is 92.3 cm³/mol. The maximum atomic E-state index is 12.0. The molecule has 1 amide bonds. The van der Waals surface area contributed by atoms with Gasteiger partial charge in [0.05, 0.1) is 0 Å². The van der Waals surface area contributed by atoms with Crippen LogP contribution in [0.2, 0.25) is 0 Å². The minimum absolute atomic E-state index is 0.0638. The van der Waals surface area contributed by atoms with Crippen LogP contribution in [0.4, 0.5) is 5.69 Å². The maximum absolute atomic E-state index is 12.0. The van der Waals surface area contributed by atoms with E-state index in [1.807, 2.05) is 37.3 Å². The third-order valence-corrected chi connectivity index (χ3v) is 3.55. The summed E-state index contributed by atoms with van der Waals surface area (Å²) in [5.74, 6) is -0.380. The quantitative estimate of drug-likeness (QED) is 0.780. The molecule has 0 aliphatic carbocycles. The summed E-state index contributed by atoms with van der Waals surface area (Å²) < 4.78 is 5.58. The largest absolute Gasteiger partial charge is 0.483 e. The van der Waals surface area contributed by atoms with Crippen LogP contribution in [0.3, 0.4) is 0 Å². The van der Waals surface area contributed by atoms with Gasteiger partial charge in [0.25, 0.3) is 5.91 Å². The zero-order chi connectivity index (χ0) is 17.4. The highest BCUT2D eigenvalue weighted by Crippen LogP contribution is 2.18. The summed E-state index contributed by atoms with van der Waals surface area (Å²) >= 11 is 0. The second-order valence-corrected chi connectivity index (χ2v) is 5.39. The second-order valence-electron chi connectivity index (χ2n) is 5.39. The van der Waals surface area contributed by atoms with Crippen molar-refractivity contribution < 1.29 is 19.4 Å². The Morgan fingerprint density at radius 3 is 2.67 bits per heavy atom. The first-order valence-corrected chi connectivity index (χ1v) is 7.89. The number of ether oxygens (including phenoxy) is 1. The molecule has 0 fully saturated rings. The van der Waals surface area contributed by atoms with Crippen LogP contribution in [0, 0.1) is 0 Å². The van der Waals surface area contributed by atoms with Crippen LogP contribution in [0.1, 0.15) is 24.5 Å². The Labute approximate surface area is 141 Å². The van der Waals surface area contributed by atoms with Gasteiger partial charge in [-0.15, -0.1) is 0 Å². The molecule has 5 nitrogen and oxygen atoms in total. The van der Waals surface area contributed by atoms with Gasteiger partial charge >= 0.3 is 5.97 Å². The van der Waals surface area contributed by atoms with Crippen LogP contribution in [-0.2, 0) is 22.4 Å². The van der Waals surface area contributed by atoms with Crippen molar-refractivity contribution >= 4 is 17.6 Å². The highest BCUT2D eigenvalue weighted by atomic mass is 16.5. The fourth-order valence-corrected chi connectivity index (χ4v) is 2.33. The van der Waals surface area contributed by atoms with Crippen molar-refractivity contribution in [3.63, 3.8) is 0 Å². The van der Waals surface area contributed by atoms with Gasteiger partial charge in [-0.2, -0.15) is 0 Å². The van der Waals surface area contributed by atoms with Gasteiger partial charge in [-0.1, -0.05) is 37.3 Å². The fraction of sp³-hybridized carbons (Fsp3) is 0.263. The van der Waals surface area contributed by atoms with Gasteiger partial charge in [-0.25, -0.2) is 0 Å². The minimum Gasteiger partial charge on any atom is -0.483 e. The summed E-state index contributed by atoms with van der Waals surface area (Å²) in [4.78, 5) is 22.7. The molecular weight excluding hydrogens is 306 g/mol. The smallest absolute Gasteiger partial charge is 0.303 e. The predicted octanol–water partition coefficient (Wildman–Crippen LogP) is 3.28. The molecule has 126 valence electrons. The third kappa shape index (κ3) is 5.43. The number of nitrogens with one attached hydrogen (secondary N) is 1. The van der Waals surface area contributed by atoms with Gasteiger partial charge in [-0.3, -0.25) is 9.59 Å². The molecule has 0 saturated carbocycles.